The standard InChI is InChI=1S/C13H11BrCl2N4O/c14-7-3-9(16)10(4-8(7)15)21-12-5-11(20-17)18-13(19-12)6-1-2-6/h3-6H,1-2,17H2,(H,18,19,20). The van der Waals surface area contributed by atoms with Gasteiger partial charge in [0.05, 0.1) is 10.0 Å². The van der Waals surface area contributed by atoms with Crippen LogP contribution < -0.4 is 16.0 Å². The summed E-state index contributed by atoms with van der Waals surface area (Å²) in [6.45, 7) is 0. The molecule has 8 heteroatoms. The van der Waals surface area contributed by atoms with E-state index in [0.29, 0.717) is 37.9 Å². The highest BCUT2D eigenvalue weighted by atomic mass is 79.9. The van der Waals surface area contributed by atoms with Crippen LogP contribution in [0.5, 0.6) is 11.6 Å². The Bertz CT molecular complexity index is 694. The number of ether oxygens (including phenoxy) is 1. The zero-order chi connectivity index (χ0) is 15.0. The van der Waals surface area contributed by atoms with Crippen molar-refractivity contribution in [2.75, 3.05) is 5.43 Å². The number of nitrogens with zero attached hydrogens (tertiary/aromatic N) is 2. The molecule has 1 aliphatic rings. The van der Waals surface area contributed by atoms with E-state index in [9.17, 15) is 0 Å². The predicted octanol–water partition coefficient (Wildman–Crippen LogP) is 4.50. The van der Waals surface area contributed by atoms with E-state index in [1.54, 1.807) is 18.2 Å². The predicted molar refractivity (Wildman–Crippen MR) is 86.1 cm³/mol. The molecule has 0 aliphatic heterocycles. The van der Waals surface area contributed by atoms with Crippen LogP contribution in [0.3, 0.4) is 0 Å². The van der Waals surface area contributed by atoms with Crippen LogP contribution in [0.15, 0.2) is 22.7 Å². The molecule has 110 valence electrons. The third-order valence-electron chi connectivity index (χ3n) is 3.00. The maximum atomic E-state index is 6.14. The quantitative estimate of drug-likeness (QED) is 0.457. The van der Waals surface area contributed by atoms with Crippen LogP contribution in [-0.4, -0.2) is 9.97 Å². The fourth-order valence-corrected chi connectivity index (χ4v) is 2.62. The summed E-state index contributed by atoms with van der Waals surface area (Å²) < 4.78 is 6.42. The molecule has 0 saturated heterocycles. The van der Waals surface area contributed by atoms with E-state index in [1.165, 1.54) is 0 Å². The Morgan fingerprint density at radius 2 is 1.95 bits per heavy atom. The molecule has 1 fully saturated rings. The molecule has 0 atom stereocenters. The highest BCUT2D eigenvalue weighted by Crippen LogP contribution is 2.40. The molecule has 5 nitrogen and oxygen atoms in total. The van der Waals surface area contributed by atoms with Gasteiger partial charge in [-0.3, -0.25) is 0 Å². The fourth-order valence-electron chi connectivity index (χ4n) is 1.79. The highest BCUT2D eigenvalue weighted by molar-refractivity contribution is 9.10. The van der Waals surface area contributed by atoms with E-state index in [-0.39, 0.29) is 0 Å². The van der Waals surface area contributed by atoms with Crippen LogP contribution in [0, 0.1) is 0 Å². The van der Waals surface area contributed by atoms with Crippen molar-refractivity contribution in [2.24, 2.45) is 5.84 Å². The summed E-state index contributed by atoms with van der Waals surface area (Å²) in [6.07, 6.45) is 2.16. The maximum absolute atomic E-state index is 6.14. The van der Waals surface area contributed by atoms with Crippen molar-refractivity contribution in [1.82, 2.24) is 9.97 Å². The average Bonchev–Trinajstić information content (AvgIpc) is 3.29. The maximum Gasteiger partial charge on any atom is 0.224 e. The second kappa shape index (κ2) is 5.96. The van der Waals surface area contributed by atoms with E-state index in [0.717, 1.165) is 18.7 Å². The zero-order valence-electron chi connectivity index (χ0n) is 10.7. The zero-order valence-corrected chi connectivity index (χ0v) is 13.8. The number of hydrogen-bond donors (Lipinski definition) is 2. The molecule has 1 saturated carbocycles. The first-order chi connectivity index (χ1) is 10.1. The smallest absolute Gasteiger partial charge is 0.224 e. The monoisotopic (exact) mass is 388 g/mol. The van der Waals surface area contributed by atoms with Crippen molar-refractivity contribution in [3.63, 3.8) is 0 Å². The van der Waals surface area contributed by atoms with Crippen LogP contribution in [0.2, 0.25) is 10.0 Å². The third kappa shape index (κ3) is 3.40. The number of hydrazine groups is 1. The summed E-state index contributed by atoms with van der Waals surface area (Å²) in [4.78, 5) is 8.71. The molecule has 3 N–H and O–H groups in total. The molecule has 0 unspecified atom stereocenters. The Morgan fingerprint density at radius 1 is 1.19 bits per heavy atom. The number of hydrogen-bond acceptors (Lipinski definition) is 5. The normalized spacial score (nSPS) is 14.1. The lowest BCUT2D eigenvalue weighted by Crippen LogP contribution is -2.10. The van der Waals surface area contributed by atoms with Gasteiger partial charge >= 0.3 is 0 Å². The van der Waals surface area contributed by atoms with Gasteiger partial charge in [0.1, 0.15) is 17.4 Å². The third-order valence-corrected chi connectivity index (χ3v) is 4.49. The molecule has 3 rings (SSSR count). The number of anilines is 1. The van der Waals surface area contributed by atoms with Crippen LogP contribution >= 0.6 is 39.1 Å². The van der Waals surface area contributed by atoms with Crippen LogP contribution in [0.4, 0.5) is 5.82 Å². The second-order valence-corrected chi connectivity index (χ2v) is 6.34. The lowest BCUT2D eigenvalue weighted by Gasteiger charge is -2.10. The first-order valence-corrected chi connectivity index (χ1v) is 7.79. The minimum Gasteiger partial charge on any atom is -0.437 e. The van der Waals surface area contributed by atoms with Gasteiger partial charge in [-0.05, 0) is 34.8 Å². The molecule has 1 aromatic heterocycles. The number of nitrogens with two attached hydrogens (primary N) is 1. The van der Waals surface area contributed by atoms with Crippen LogP contribution in [0.1, 0.15) is 24.6 Å². The Labute approximate surface area is 139 Å². The lowest BCUT2D eigenvalue weighted by atomic mass is 10.3. The molecule has 0 spiro atoms. The number of halogens is 3. The summed E-state index contributed by atoms with van der Waals surface area (Å²) in [5, 5.41) is 0.933. The Balaban J connectivity index is 1.94. The molecular weight excluding hydrogens is 379 g/mol. The summed E-state index contributed by atoms with van der Waals surface area (Å²) in [7, 11) is 0. The average molecular weight is 390 g/mol. The van der Waals surface area contributed by atoms with Gasteiger partial charge in [-0.1, -0.05) is 23.2 Å². The summed E-state index contributed by atoms with van der Waals surface area (Å²) in [5.74, 6) is 7.83. The van der Waals surface area contributed by atoms with Gasteiger partial charge in [-0.2, -0.15) is 4.98 Å². The number of nitrogen functional groups attached to an aromatic ring is 1. The van der Waals surface area contributed by atoms with Gasteiger partial charge in [-0.25, -0.2) is 10.8 Å². The molecule has 0 bridgehead atoms. The van der Waals surface area contributed by atoms with Gasteiger partial charge < -0.3 is 10.2 Å². The van der Waals surface area contributed by atoms with Gasteiger partial charge in [0.25, 0.3) is 0 Å². The van der Waals surface area contributed by atoms with Crippen molar-refractivity contribution in [1.29, 1.82) is 0 Å². The van der Waals surface area contributed by atoms with Crippen molar-refractivity contribution in [2.45, 2.75) is 18.8 Å². The minimum atomic E-state index is 0.375. The van der Waals surface area contributed by atoms with Gasteiger partial charge in [0, 0.05) is 22.5 Å². The molecule has 0 radical (unpaired) electrons. The van der Waals surface area contributed by atoms with Gasteiger partial charge in [0.2, 0.25) is 5.88 Å². The van der Waals surface area contributed by atoms with E-state index in [2.05, 4.69) is 31.3 Å². The van der Waals surface area contributed by atoms with Crippen molar-refractivity contribution >= 4 is 44.9 Å². The van der Waals surface area contributed by atoms with Crippen molar-refractivity contribution < 1.29 is 4.74 Å². The fraction of sp³-hybridized carbons (Fsp3) is 0.231. The van der Waals surface area contributed by atoms with Crippen LogP contribution in [0.25, 0.3) is 0 Å². The molecule has 0 amide bonds. The topological polar surface area (TPSA) is 73.1 Å². The van der Waals surface area contributed by atoms with Gasteiger partial charge in [0.15, 0.2) is 0 Å². The van der Waals surface area contributed by atoms with Gasteiger partial charge in [-0.15, -0.1) is 0 Å². The number of aromatic nitrogens is 2. The molecule has 2 aromatic rings. The largest absolute Gasteiger partial charge is 0.437 e. The Morgan fingerprint density at radius 3 is 2.62 bits per heavy atom. The first-order valence-electron chi connectivity index (χ1n) is 6.25. The molecule has 21 heavy (non-hydrogen) atoms. The van der Waals surface area contributed by atoms with E-state index < -0.39 is 0 Å². The summed E-state index contributed by atoms with van der Waals surface area (Å²) in [6, 6.07) is 4.91. The number of nitrogens with one attached hydrogen (secondary N) is 1. The summed E-state index contributed by atoms with van der Waals surface area (Å²) in [5.41, 5.74) is 2.51. The van der Waals surface area contributed by atoms with Crippen molar-refractivity contribution in [3.05, 3.63) is 38.5 Å². The highest BCUT2D eigenvalue weighted by Gasteiger charge is 2.27. The van der Waals surface area contributed by atoms with Crippen LogP contribution in [-0.2, 0) is 0 Å². The summed E-state index contributed by atoms with van der Waals surface area (Å²) >= 11 is 15.5. The second-order valence-electron chi connectivity index (χ2n) is 4.67. The Hall–Kier alpha value is -1.08. The Kier molecular flexibility index (Phi) is 4.21. The SMILES string of the molecule is NNc1cc(Oc2cc(Cl)c(Br)cc2Cl)nc(C2CC2)n1. The first kappa shape index (κ1) is 14.8. The lowest BCUT2D eigenvalue weighted by molar-refractivity contribution is 0.459. The van der Waals surface area contributed by atoms with E-state index in [4.69, 9.17) is 33.8 Å². The van der Waals surface area contributed by atoms with E-state index >= 15 is 0 Å². The molecule has 1 aromatic carbocycles. The minimum absolute atomic E-state index is 0.375. The number of benzene rings is 1. The van der Waals surface area contributed by atoms with Crippen molar-refractivity contribution in [3.8, 4) is 11.6 Å². The molecule has 1 aliphatic carbocycles. The van der Waals surface area contributed by atoms with E-state index in [1.807, 2.05) is 0 Å². The number of rotatable bonds is 4. The molecule has 1 heterocycles. The molecular formula is C13H11BrCl2N4O.